The zero-order chi connectivity index (χ0) is 15.6. The van der Waals surface area contributed by atoms with Gasteiger partial charge in [0.15, 0.2) is 5.69 Å². The number of rotatable bonds is 5. The number of hydrogen-bond acceptors (Lipinski definition) is 5. The van der Waals surface area contributed by atoms with Crippen LogP contribution in [0.15, 0.2) is 15.1 Å². The molecule has 1 atom stereocenters. The van der Waals surface area contributed by atoms with Crippen LogP contribution in [-0.2, 0) is 0 Å². The first kappa shape index (κ1) is 15.3. The van der Waals surface area contributed by atoms with Crippen LogP contribution in [0.5, 0.6) is 0 Å². The highest BCUT2D eigenvalue weighted by molar-refractivity contribution is 5.92. The first-order valence-corrected chi connectivity index (χ1v) is 7.07. The summed E-state index contributed by atoms with van der Waals surface area (Å²) in [7, 11) is 0. The van der Waals surface area contributed by atoms with E-state index in [4.69, 9.17) is 9.05 Å². The molecule has 2 aromatic heterocycles. The largest absolute Gasteiger partial charge is 0.361 e. The van der Waals surface area contributed by atoms with Crippen molar-refractivity contribution in [2.24, 2.45) is 0 Å². The number of nitrogens with one attached hydrogen (secondary N) is 1. The Bertz CT molecular complexity index is 608. The highest BCUT2D eigenvalue weighted by Gasteiger charge is 2.19. The quantitative estimate of drug-likeness (QED) is 0.916. The minimum absolute atomic E-state index is 0.122. The van der Waals surface area contributed by atoms with Gasteiger partial charge in [0.25, 0.3) is 5.91 Å². The van der Waals surface area contributed by atoms with Crippen LogP contribution in [0.25, 0.3) is 0 Å². The van der Waals surface area contributed by atoms with E-state index in [9.17, 15) is 4.79 Å². The number of aryl methyl sites for hydroxylation is 2. The van der Waals surface area contributed by atoms with Crippen molar-refractivity contribution in [2.75, 3.05) is 6.54 Å². The Morgan fingerprint density at radius 1 is 1.24 bits per heavy atom. The molecule has 2 heterocycles. The van der Waals surface area contributed by atoms with E-state index in [1.807, 2.05) is 34.6 Å². The molecule has 6 nitrogen and oxygen atoms in total. The van der Waals surface area contributed by atoms with Crippen LogP contribution in [0.4, 0.5) is 0 Å². The van der Waals surface area contributed by atoms with Gasteiger partial charge >= 0.3 is 0 Å². The fourth-order valence-electron chi connectivity index (χ4n) is 2.30. The molecule has 21 heavy (non-hydrogen) atoms. The number of carbonyl (C=O) groups excluding carboxylic acids is 1. The molecule has 2 aromatic rings. The Hall–Kier alpha value is -2.11. The molecule has 0 spiro atoms. The predicted octanol–water partition coefficient (Wildman–Crippen LogP) is 2.94. The second kappa shape index (κ2) is 6.11. The monoisotopic (exact) mass is 291 g/mol. The van der Waals surface area contributed by atoms with Crippen molar-refractivity contribution in [3.05, 3.63) is 34.5 Å². The summed E-state index contributed by atoms with van der Waals surface area (Å²) in [5.41, 5.74) is 2.21. The normalized spacial score (nSPS) is 12.7. The van der Waals surface area contributed by atoms with E-state index in [2.05, 4.69) is 15.6 Å². The summed E-state index contributed by atoms with van der Waals surface area (Å²) >= 11 is 0. The lowest BCUT2D eigenvalue weighted by Crippen LogP contribution is -2.28. The molecule has 0 aliphatic rings. The number of amides is 1. The second-order valence-electron chi connectivity index (χ2n) is 5.62. The number of aromatic nitrogens is 2. The molecular formula is C15H21N3O3. The zero-order valence-electron chi connectivity index (χ0n) is 13.1. The molecule has 0 fully saturated rings. The van der Waals surface area contributed by atoms with E-state index in [1.165, 1.54) is 0 Å². The fourth-order valence-corrected chi connectivity index (χ4v) is 2.30. The molecule has 0 bridgehead atoms. The number of carbonyl (C=O) groups is 1. The van der Waals surface area contributed by atoms with Crippen molar-refractivity contribution in [3.63, 3.8) is 0 Å². The summed E-state index contributed by atoms with van der Waals surface area (Å²) < 4.78 is 10.3. The molecule has 0 aliphatic heterocycles. The topological polar surface area (TPSA) is 81.2 Å². The maximum Gasteiger partial charge on any atom is 0.273 e. The Morgan fingerprint density at radius 3 is 2.48 bits per heavy atom. The number of hydrogen-bond donors (Lipinski definition) is 1. The summed E-state index contributed by atoms with van der Waals surface area (Å²) in [4.78, 5) is 12.1. The lowest BCUT2D eigenvalue weighted by atomic mass is 9.99. The molecule has 1 N–H and O–H groups in total. The van der Waals surface area contributed by atoms with Gasteiger partial charge in [-0.25, -0.2) is 0 Å². The van der Waals surface area contributed by atoms with Crippen LogP contribution in [-0.4, -0.2) is 22.8 Å². The summed E-state index contributed by atoms with van der Waals surface area (Å²) in [6.07, 6.45) is 0. The van der Waals surface area contributed by atoms with Crippen LogP contribution in [0.2, 0.25) is 0 Å². The van der Waals surface area contributed by atoms with Crippen molar-refractivity contribution >= 4 is 5.91 Å². The average Bonchev–Trinajstić information content (AvgIpc) is 3.03. The summed E-state index contributed by atoms with van der Waals surface area (Å²) in [6, 6.07) is 1.68. The van der Waals surface area contributed by atoms with Crippen molar-refractivity contribution in [1.82, 2.24) is 15.6 Å². The standard InChI is InChI=1S/C15H21N3O3/c1-8(2)13-6-12(18-21-13)15(19)16-7-9(3)14-10(4)17-20-11(14)5/h6,8-9H,7H2,1-5H3,(H,16,19). The Balaban J connectivity index is 1.97. The molecule has 0 saturated heterocycles. The molecule has 6 heteroatoms. The maximum atomic E-state index is 12.1. The minimum atomic E-state index is -0.232. The van der Waals surface area contributed by atoms with Crippen LogP contribution >= 0.6 is 0 Å². The molecule has 114 valence electrons. The lowest BCUT2D eigenvalue weighted by Gasteiger charge is -2.11. The van der Waals surface area contributed by atoms with Gasteiger partial charge in [-0.15, -0.1) is 0 Å². The van der Waals surface area contributed by atoms with Gasteiger partial charge in [0, 0.05) is 30.0 Å². The SMILES string of the molecule is Cc1noc(C)c1C(C)CNC(=O)c1cc(C(C)C)on1. The van der Waals surface area contributed by atoms with E-state index >= 15 is 0 Å². The van der Waals surface area contributed by atoms with Gasteiger partial charge in [0.05, 0.1) is 5.69 Å². The first-order valence-electron chi connectivity index (χ1n) is 7.07. The summed E-state index contributed by atoms with van der Waals surface area (Å²) in [5.74, 6) is 1.60. The molecule has 1 unspecified atom stereocenters. The second-order valence-corrected chi connectivity index (χ2v) is 5.62. The van der Waals surface area contributed by atoms with Crippen molar-refractivity contribution in [3.8, 4) is 0 Å². The van der Waals surface area contributed by atoms with Gasteiger partial charge in [-0.3, -0.25) is 4.79 Å². The van der Waals surface area contributed by atoms with Crippen LogP contribution < -0.4 is 5.32 Å². The van der Waals surface area contributed by atoms with E-state index in [0.717, 1.165) is 17.0 Å². The zero-order valence-corrected chi connectivity index (χ0v) is 13.1. The molecule has 0 saturated carbocycles. The van der Waals surface area contributed by atoms with Crippen LogP contribution in [0.1, 0.15) is 65.9 Å². The molecule has 2 rings (SSSR count). The molecule has 1 amide bonds. The Kier molecular flexibility index (Phi) is 4.45. The average molecular weight is 291 g/mol. The van der Waals surface area contributed by atoms with E-state index in [1.54, 1.807) is 6.07 Å². The van der Waals surface area contributed by atoms with Crippen LogP contribution in [0, 0.1) is 13.8 Å². The molecular weight excluding hydrogens is 270 g/mol. The van der Waals surface area contributed by atoms with E-state index < -0.39 is 0 Å². The molecule has 0 radical (unpaired) electrons. The maximum absolute atomic E-state index is 12.1. The summed E-state index contributed by atoms with van der Waals surface area (Å²) in [6.45, 7) is 10.3. The van der Waals surface area contributed by atoms with Gasteiger partial charge in [-0.1, -0.05) is 31.1 Å². The van der Waals surface area contributed by atoms with Gasteiger partial charge in [-0.05, 0) is 13.8 Å². The molecule has 0 aromatic carbocycles. The lowest BCUT2D eigenvalue weighted by molar-refractivity contribution is 0.0942. The fraction of sp³-hybridized carbons (Fsp3) is 0.533. The van der Waals surface area contributed by atoms with Crippen molar-refractivity contribution in [2.45, 2.75) is 46.5 Å². The van der Waals surface area contributed by atoms with Gasteiger partial charge < -0.3 is 14.4 Å². The van der Waals surface area contributed by atoms with Gasteiger partial charge in [0.2, 0.25) is 0 Å². The van der Waals surface area contributed by atoms with Crippen molar-refractivity contribution in [1.29, 1.82) is 0 Å². The smallest absolute Gasteiger partial charge is 0.273 e. The third-order valence-electron chi connectivity index (χ3n) is 3.48. The number of nitrogens with zero attached hydrogens (tertiary/aromatic N) is 2. The highest BCUT2D eigenvalue weighted by atomic mass is 16.5. The van der Waals surface area contributed by atoms with Crippen molar-refractivity contribution < 1.29 is 13.8 Å². The van der Waals surface area contributed by atoms with Crippen LogP contribution in [0.3, 0.4) is 0 Å². The Labute approximate surface area is 123 Å². The van der Waals surface area contributed by atoms with E-state index in [-0.39, 0.29) is 17.7 Å². The summed E-state index contributed by atoms with van der Waals surface area (Å²) in [5, 5.41) is 10.6. The van der Waals surface area contributed by atoms with E-state index in [0.29, 0.717) is 18.0 Å². The van der Waals surface area contributed by atoms with Gasteiger partial charge in [-0.2, -0.15) is 0 Å². The third kappa shape index (κ3) is 3.32. The Morgan fingerprint density at radius 2 is 1.95 bits per heavy atom. The highest BCUT2D eigenvalue weighted by Crippen LogP contribution is 2.22. The van der Waals surface area contributed by atoms with Gasteiger partial charge in [0.1, 0.15) is 11.5 Å². The molecule has 0 aliphatic carbocycles. The first-order chi connectivity index (χ1) is 9.90. The predicted molar refractivity (Wildman–Crippen MR) is 77.3 cm³/mol. The minimum Gasteiger partial charge on any atom is -0.361 e. The third-order valence-corrected chi connectivity index (χ3v) is 3.48.